The van der Waals surface area contributed by atoms with Crippen LogP contribution in [-0.2, 0) is 25.7 Å². The largest absolute Gasteiger partial charge is 0.344 e. The van der Waals surface area contributed by atoms with E-state index in [0.717, 1.165) is 18.7 Å². The molecule has 1 aliphatic rings. The minimum atomic E-state index is -1.20. The summed E-state index contributed by atoms with van der Waals surface area (Å²) in [5.74, 6) is -4.27. The molecule has 1 aromatic heterocycles. The molecule has 3 N–H and O–H groups in total. The van der Waals surface area contributed by atoms with Crippen LogP contribution in [0.25, 0.3) is 0 Å². The Morgan fingerprint density at radius 1 is 0.870 bits per heavy atom. The minimum absolute atomic E-state index is 0.0999. The van der Waals surface area contributed by atoms with Gasteiger partial charge in [0.15, 0.2) is 0 Å². The van der Waals surface area contributed by atoms with E-state index in [-0.39, 0.29) is 23.9 Å². The summed E-state index contributed by atoms with van der Waals surface area (Å²) in [4.78, 5) is 57.1. The summed E-state index contributed by atoms with van der Waals surface area (Å²) in [5.41, 5.74) is 1.16. The van der Waals surface area contributed by atoms with Gasteiger partial charge in [-0.1, -0.05) is 57.2 Å². The molecule has 0 spiro atoms. The lowest BCUT2D eigenvalue weighted by Crippen LogP contribution is -2.55. The van der Waals surface area contributed by atoms with Crippen molar-refractivity contribution in [2.24, 2.45) is 5.92 Å². The maximum absolute atomic E-state index is 15.6. The Labute approximate surface area is 269 Å². The third-order valence-corrected chi connectivity index (χ3v) is 8.65. The van der Waals surface area contributed by atoms with E-state index >= 15 is 4.39 Å². The number of aromatic nitrogens is 2. The summed E-state index contributed by atoms with van der Waals surface area (Å²) in [7, 11) is 1.99. The van der Waals surface area contributed by atoms with Gasteiger partial charge in [-0.3, -0.25) is 19.2 Å². The van der Waals surface area contributed by atoms with Gasteiger partial charge in [0.25, 0.3) is 0 Å². The van der Waals surface area contributed by atoms with Crippen LogP contribution >= 0.6 is 0 Å². The van der Waals surface area contributed by atoms with E-state index in [4.69, 9.17) is 0 Å². The van der Waals surface area contributed by atoms with Crippen molar-refractivity contribution in [1.82, 2.24) is 24.9 Å². The predicted octanol–water partition coefficient (Wildman–Crippen LogP) is 3.81. The molecule has 0 bridgehead atoms. The number of amides is 4. The van der Waals surface area contributed by atoms with Crippen molar-refractivity contribution in [3.63, 3.8) is 0 Å². The monoisotopic (exact) mass is 633 g/mol. The Hall–Kier alpha value is -4.58. The highest BCUT2D eigenvalue weighted by molar-refractivity contribution is 6.11. The lowest BCUT2D eigenvalue weighted by molar-refractivity contribution is -0.138. The first-order chi connectivity index (χ1) is 22.0. The lowest BCUT2D eigenvalue weighted by atomic mass is 9.86. The number of hydrogen-bond donors (Lipinski definition) is 3. The number of piperazine rings is 1. The fourth-order valence-corrected chi connectivity index (χ4v) is 5.64. The highest BCUT2D eigenvalue weighted by atomic mass is 19.1. The number of rotatable bonds is 12. The van der Waals surface area contributed by atoms with E-state index in [1.807, 2.05) is 44.3 Å². The third-order valence-electron chi connectivity index (χ3n) is 8.65. The van der Waals surface area contributed by atoms with Crippen molar-refractivity contribution in [3.05, 3.63) is 77.7 Å². The molecule has 1 fully saturated rings. The molecule has 0 aliphatic carbocycles. The molecule has 4 rings (SSSR count). The molecule has 0 unspecified atom stereocenters. The number of nitrogens with zero attached hydrogens (tertiary/aromatic N) is 4. The zero-order valence-corrected chi connectivity index (χ0v) is 27.1. The highest BCUT2D eigenvalue weighted by Crippen LogP contribution is 2.29. The number of carbonyl (C=O) groups is 4. The van der Waals surface area contributed by atoms with E-state index in [9.17, 15) is 19.2 Å². The predicted molar refractivity (Wildman–Crippen MR) is 175 cm³/mol. The summed E-state index contributed by atoms with van der Waals surface area (Å²) in [6, 6.07) is 14.3. The number of likely N-dealkylation sites (N-methyl/N-ethyl adjacent to an activating group) is 1. The molecule has 4 atom stereocenters. The van der Waals surface area contributed by atoms with Gasteiger partial charge in [0.05, 0.1) is 11.9 Å². The van der Waals surface area contributed by atoms with E-state index < -0.39 is 41.4 Å². The Bertz CT molecular complexity index is 1520. The van der Waals surface area contributed by atoms with Crippen LogP contribution in [0.4, 0.5) is 15.9 Å². The smallest absolute Gasteiger partial charge is 0.245 e. The SMILES string of the molecule is CCC(=O)N[C@@H](C(=O)N1CCN(C)CC1)[C@@H](C)c1ccc(NC(=O)[C@@H](C(=O)Nc2ccnn2CC)[C@H](C)c2ccccc2)c(F)c1. The number of halogens is 1. The molecule has 2 heterocycles. The Morgan fingerprint density at radius 3 is 2.17 bits per heavy atom. The second-order valence-corrected chi connectivity index (χ2v) is 11.7. The highest BCUT2D eigenvalue weighted by Gasteiger charge is 2.35. The molecule has 2 aromatic carbocycles. The van der Waals surface area contributed by atoms with Gasteiger partial charge in [-0.2, -0.15) is 5.10 Å². The third kappa shape index (κ3) is 8.16. The molecule has 46 heavy (non-hydrogen) atoms. The maximum atomic E-state index is 15.6. The van der Waals surface area contributed by atoms with Crippen molar-refractivity contribution < 1.29 is 23.6 Å². The summed E-state index contributed by atoms with van der Waals surface area (Å²) in [6.45, 7) is 10.2. The Morgan fingerprint density at radius 2 is 1.54 bits per heavy atom. The first-order valence-electron chi connectivity index (χ1n) is 15.8. The second kappa shape index (κ2) is 15.6. The Balaban J connectivity index is 1.56. The van der Waals surface area contributed by atoms with E-state index in [1.165, 1.54) is 12.1 Å². The van der Waals surface area contributed by atoms with Crippen LogP contribution in [0.2, 0.25) is 0 Å². The lowest BCUT2D eigenvalue weighted by Gasteiger charge is -2.36. The average molecular weight is 634 g/mol. The first-order valence-corrected chi connectivity index (χ1v) is 15.8. The van der Waals surface area contributed by atoms with Gasteiger partial charge in [-0.25, -0.2) is 9.07 Å². The molecule has 1 aliphatic heterocycles. The van der Waals surface area contributed by atoms with Gasteiger partial charge in [0, 0.05) is 57.0 Å². The first kappa shape index (κ1) is 34.3. The fraction of sp³-hybridized carbons (Fsp3) is 0.441. The molecule has 0 radical (unpaired) electrons. The molecule has 246 valence electrons. The normalized spacial score (nSPS) is 16.2. The number of carbonyl (C=O) groups excluding carboxylic acids is 4. The zero-order chi connectivity index (χ0) is 33.4. The molecule has 1 saturated heterocycles. The van der Waals surface area contributed by atoms with Crippen LogP contribution in [0, 0.1) is 11.7 Å². The number of hydrogen-bond acceptors (Lipinski definition) is 6. The van der Waals surface area contributed by atoms with Crippen LogP contribution in [-0.4, -0.2) is 82.5 Å². The van der Waals surface area contributed by atoms with Crippen molar-refractivity contribution >= 4 is 35.1 Å². The van der Waals surface area contributed by atoms with Crippen molar-refractivity contribution in [2.75, 3.05) is 43.9 Å². The summed E-state index contributed by atoms with van der Waals surface area (Å²) in [5, 5.41) is 12.4. The number of nitrogens with one attached hydrogen (secondary N) is 3. The molecule has 4 amide bonds. The average Bonchev–Trinajstić information content (AvgIpc) is 3.51. The van der Waals surface area contributed by atoms with Crippen LogP contribution < -0.4 is 16.0 Å². The van der Waals surface area contributed by atoms with Crippen molar-refractivity contribution in [3.8, 4) is 0 Å². The van der Waals surface area contributed by atoms with Gasteiger partial charge in [-0.05, 0) is 37.2 Å². The van der Waals surface area contributed by atoms with Gasteiger partial charge < -0.3 is 25.8 Å². The van der Waals surface area contributed by atoms with Crippen molar-refractivity contribution in [1.29, 1.82) is 0 Å². The molecular formula is C34H44FN7O4. The van der Waals surface area contributed by atoms with Crippen LogP contribution in [0.5, 0.6) is 0 Å². The molecule has 0 saturated carbocycles. The zero-order valence-electron chi connectivity index (χ0n) is 27.1. The van der Waals surface area contributed by atoms with Crippen LogP contribution in [0.3, 0.4) is 0 Å². The number of aryl methyl sites for hydroxylation is 1. The van der Waals surface area contributed by atoms with Gasteiger partial charge >= 0.3 is 0 Å². The van der Waals surface area contributed by atoms with Crippen LogP contribution in [0.1, 0.15) is 57.1 Å². The summed E-state index contributed by atoms with van der Waals surface area (Å²) >= 11 is 0. The number of benzene rings is 2. The summed E-state index contributed by atoms with van der Waals surface area (Å²) in [6.07, 6.45) is 1.76. The van der Waals surface area contributed by atoms with E-state index in [0.29, 0.717) is 31.0 Å². The van der Waals surface area contributed by atoms with Gasteiger partial charge in [0.1, 0.15) is 23.6 Å². The van der Waals surface area contributed by atoms with Gasteiger partial charge in [0.2, 0.25) is 23.6 Å². The molecule has 11 nitrogen and oxygen atoms in total. The van der Waals surface area contributed by atoms with Gasteiger partial charge in [-0.15, -0.1) is 0 Å². The maximum Gasteiger partial charge on any atom is 0.245 e. The molecule has 12 heteroatoms. The topological polar surface area (TPSA) is 129 Å². The molecular weight excluding hydrogens is 589 g/mol. The summed E-state index contributed by atoms with van der Waals surface area (Å²) < 4.78 is 17.2. The molecule has 3 aromatic rings. The van der Waals surface area contributed by atoms with E-state index in [1.54, 1.807) is 48.7 Å². The quantitative estimate of drug-likeness (QED) is 0.260. The van der Waals surface area contributed by atoms with E-state index in [2.05, 4.69) is 25.9 Å². The van der Waals surface area contributed by atoms with Crippen LogP contribution in [0.15, 0.2) is 60.8 Å². The fourth-order valence-electron chi connectivity index (χ4n) is 5.64. The number of anilines is 2. The second-order valence-electron chi connectivity index (χ2n) is 11.7. The Kier molecular flexibility index (Phi) is 11.6. The van der Waals surface area contributed by atoms with Crippen molar-refractivity contribution in [2.45, 2.75) is 58.5 Å². The standard InChI is InChI=1S/C34H44FN7O4/c1-6-29(43)39-31(34(46)41-19-17-40(5)18-20-41)23(4)25-13-14-27(26(35)21-25)37-32(44)30(22(3)24-11-9-8-10-12-24)33(45)38-28-15-16-36-42(28)7-2/h8-16,21-23,30-31H,6-7,17-20H2,1-5H3,(H,37,44)(H,38,45)(H,39,43)/t22-,23+,30+,31-/m1/s1. The minimum Gasteiger partial charge on any atom is -0.344 e.